The molecule has 2 aliphatic rings. The van der Waals surface area contributed by atoms with Crippen LogP contribution in [0.25, 0.3) is 0 Å². The van der Waals surface area contributed by atoms with E-state index in [0.29, 0.717) is 19.4 Å². The van der Waals surface area contributed by atoms with Crippen LogP contribution in [0.3, 0.4) is 0 Å². The highest BCUT2D eigenvalue weighted by Crippen LogP contribution is 2.41. The smallest absolute Gasteiger partial charge is 0.245 e. The van der Waals surface area contributed by atoms with Crippen LogP contribution in [0.2, 0.25) is 0 Å². The summed E-state index contributed by atoms with van der Waals surface area (Å²) >= 11 is 0. The van der Waals surface area contributed by atoms with Crippen molar-refractivity contribution >= 4 is 11.8 Å². The van der Waals surface area contributed by atoms with Gasteiger partial charge in [-0.05, 0) is 32.1 Å². The van der Waals surface area contributed by atoms with E-state index in [1.807, 2.05) is 11.8 Å². The van der Waals surface area contributed by atoms with Gasteiger partial charge in [-0.1, -0.05) is 13.8 Å². The minimum atomic E-state index is -0.311. The fourth-order valence-corrected chi connectivity index (χ4v) is 2.99. The summed E-state index contributed by atoms with van der Waals surface area (Å²) < 4.78 is 0. The summed E-state index contributed by atoms with van der Waals surface area (Å²) in [6.45, 7) is 4.69. The van der Waals surface area contributed by atoms with Gasteiger partial charge >= 0.3 is 0 Å². The molecule has 0 radical (unpaired) electrons. The summed E-state index contributed by atoms with van der Waals surface area (Å²) in [6, 6.07) is -0.311. The van der Waals surface area contributed by atoms with Crippen molar-refractivity contribution in [1.29, 1.82) is 0 Å². The Balaban J connectivity index is 2.20. The molecule has 96 valence electrons. The maximum absolute atomic E-state index is 12.4. The lowest BCUT2D eigenvalue weighted by Gasteiger charge is -2.50. The molecule has 2 fully saturated rings. The molecule has 4 heteroatoms. The van der Waals surface area contributed by atoms with Gasteiger partial charge in [0.1, 0.15) is 6.04 Å². The van der Waals surface area contributed by atoms with Gasteiger partial charge in [0.2, 0.25) is 11.8 Å². The Morgan fingerprint density at radius 1 is 1.35 bits per heavy atom. The standard InChI is InChI=1S/C13H22N2O2/c1-3-10-12(17)15(9-6-11(16)14-10)13(4-2)7-5-8-13/h10H,3-9H2,1-2H3,(H,14,16). The molecule has 1 aliphatic heterocycles. The van der Waals surface area contributed by atoms with Gasteiger partial charge in [-0.2, -0.15) is 0 Å². The van der Waals surface area contributed by atoms with Gasteiger partial charge in [-0.25, -0.2) is 0 Å². The second kappa shape index (κ2) is 4.67. The van der Waals surface area contributed by atoms with Gasteiger partial charge in [-0.3, -0.25) is 9.59 Å². The van der Waals surface area contributed by atoms with Crippen LogP contribution in [0.1, 0.15) is 52.4 Å². The molecule has 2 amide bonds. The predicted molar refractivity (Wildman–Crippen MR) is 65.4 cm³/mol. The number of hydrogen-bond acceptors (Lipinski definition) is 2. The van der Waals surface area contributed by atoms with Crippen LogP contribution in [0, 0.1) is 0 Å². The molecule has 1 heterocycles. The first-order chi connectivity index (χ1) is 8.13. The van der Waals surface area contributed by atoms with Gasteiger partial charge in [0, 0.05) is 18.5 Å². The van der Waals surface area contributed by atoms with Crippen molar-refractivity contribution in [2.24, 2.45) is 0 Å². The summed E-state index contributed by atoms with van der Waals surface area (Å²) in [4.78, 5) is 26.0. The van der Waals surface area contributed by atoms with Crippen LogP contribution in [-0.2, 0) is 9.59 Å². The summed E-state index contributed by atoms with van der Waals surface area (Å²) in [7, 11) is 0. The molecule has 0 spiro atoms. The molecule has 1 atom stereocenters. The molecule has 1 saturated heterocycles. The first-order valence-electron chi connectivity index (χ1n) is 6.74. The zero-order valence-corrected chi connectivity index (χ0v) is 10.8. The Morgan fingerprint density at radius 3 is 2.53 bits per heavy atom. The molecule has 1 unspecified atom stereocenters. The fraction of sp³-hybridized carbons (Fsp3) is 0.846. The maximum Gasteiger partial charge on any atom is 0.245 e. The molecule has 1 saturated carbocycles. The molecular formula is C13H22N2O2. The van der Waals surface area contributed by atoms with Crippen molar-refractivity contribution in [2.45, 2.75) is 64.0 Å². The van der Waals surface area contributed by atoms with Gasteiger partial charge in [-0.15, -0.1) is 0 Å². The molecule has 2 rings (SSSR count). The van der Waals surface area contributed by atoms with E-state index >= 15 is 0 Å². The molecule has 4 nitrogen and oxygen atoms in total. The van der Waals surface area contributed by atoms with Gasteiger partial charge in [0.15, 0.2) is 0 Å². The third kappa shape index (κ3) is 2.05. The van der Waals surface area contributed by atoms with E-state index in [1.165, 1.54) is 6.42 Å². The van der Waals surface area contributed by atoms with Crippen LogP contribution in [0.4, 0.5) is 0 Å². The number of carbonyl (C=O) groups excluding carboxylic acids is 2. The number of rotatable bonds is 3. The zero-order chi connectivity index (χ0) is 12.5. The van der Waals surface area contributed by atoms with Crippen LogP contribution >= 0.6 is 0 Å². The molecule has 1 N–H and O–H groups in total. The van der Waals surface area contributed by atoms with E-state index in [0.717, 1.165) is 19.3 Å². The number of hydrogen-bond donors (Lipinski definition) is 1. The summed E-state index contributed by atoms with van der Waals surface area (Å²) in [5.74, 6) is 0.137. The van der Waals surface area contributed by atoms with E-state index in [-0.39, 0.29) is 23.4 Å². The third-order valence-electron chi connectivity index (χ3n) is 4.39. The summed E-state index contributed by atoms with van der Waals surface area (Å²) in [5.41, 5.74) is 0.0524. The molecule has 17 heavy (non-hydrogen) atoms. The lowest BCUT2D eigenvalue weighted by Crippen LogP contribution is -2.58. The Labute approximate surface area is 103 Å². The highest BCUT2D eigenvalue weighted by Gasteiger charge is 2.45. The average Bonchev–Trinajstić information content (AvgIpc) is 2.40. The molecule has 0 aromatic heterocycles. The van der Waals surface area contributed by atoms with Crippen molar-refractivity contribution < 1.29 is 9.59 Å². The molecule has 0 aromatic rings. The molecule has 0 aromatic carbocycles. The molecule has 0 bridgehead atoms. The fourth-order valence-electron chi connectivity index (χ4n) is 2.99. The quantitative estimate of drug-likeness (QED) is 0.809. The van der Waals surface area contributed by atoms with Crippen molar-refractivity contribution in [3.8, 4) is 0 Å². The van der Waals surface area contributed by atoms with Crippen LogP contribution in [0.15, 0.2) is 0 Å². The highest BCUT2D eigenvalue weighted by atomic mass is 16.2. The van der Waals surface area contributed by atoms with Gasteiger partial charge in [0.05, 0.1) is 0 Å². The van der Waals surface area contributed by atoms with Crippen molar-refractivity contribution in [3.05, 3.63) is 0 Å². The van der Waals surface area contributed by atoms with Gasteiger partial charge in [0.25, 0.3) is 0 Å². The predicted octanol–water partition coefficient (Wildman–Crippen LogP) is 1.45. The average molecular weight is 238 g/mol. The largest absolute Gasteiger partial charge is 0.344 e. The minimum Gasteiger partial charge on any atom is -0.344 e. The second-order valence-corrected chi connectivity index (χ2v) is 5.20. The lowest BCUT2D eigenvalue weighted by atomic mass is 9.73. The Kier molecular flexibility index (Phi) is 3.40. The van der Waals surface area contributed by atoms with Crippen molar-refractivity contribution in [1.82, 2.24) is 10.2 Å². The number of nitrogens with one attached hydrogen (secondary N) is 1. The molecular weight excluding hydrogens is 216 g/mol. The monoisotopic (exact) mass is 238 g/mol. The Hall–Kier alpha value is -1.06. The maximum atomic E-state index is 12.4. The highest BCUT2D eigenvalue weighted by molar-refractivity contribution is 5.90. The van der Waals surface area contributed by atoms with E-state index in [1.54, 1.807) is 0 Å². The second-order valence-electron chi connectivity index (χ2n) is 5.20. The Morgan fingerprint density at radius 2 is 2.06 bits per heavy atom. The van der Waals surface area contributed by atoms with Crippen molar-refractivity contribution in [2.75, 3.05) is 6.54 Å². The lowest BCUT2D eigenvalue weighted by molar-refractivity contribution is -0.143. The van der Waals surface area contributed by atoms with E-state index in [2.05, 4.69) is 12.2 Å². The van der Waals surface area contributed by atoms with E-state index < -0.39 is 0 Å². The normalized spacial score (nSPS) is 28.4. The van der Waals surface area contributed by atoms with Crippen LogP contribution in [0.5, 0.6) is 0 Å². The third-order valence-corrected chi connectivity index (χ3v) is 4.39. The van der Waals surface area contributed by atoms with Gasteiger partial charge < -0.3 is 10.2 Å². The van der Waals surface area contributed by atoms with E-state index in [4.69, 9.17) is 0 Å². The number of carbonyl (C=O) groups is 2. The zero-order valence-electron chi connectivity index (χ0n) is 10.8. The van der Waals surface area contributed by atoms with Crippen LogP contribution in [-0.4, -0.2) is 34.8 Å². The number of nitrogens with zero attached hydrogens (tertiary/aromatic N) is 1. The SMILES string of the molecule is CCC1NC(=O)CCN(C2(CC)CCC2)C1=O. The number of amides is 2. The molecule has 1 aliphatic carbocycles. The first kappa shape index (κ1) is 12.4. The minimum absolute atomic E-state index is 0.0123. The van der Waals surface area contributed by atoms with Crippen LogP contribution < -0.4 is 5.32 Å². The summed E-state index contributed by atoms with van der Waals surface area (Å²) in [5, 5.41) is 2.82. The van der Waals surface area contributed by atoms with E-state index in [9.17, 15) is 9.59 Å². The Bertz CT molecular complexity index is 318. The van der Waals surface area contributed by atoms with Crippen molar-refractivity contribution in [3.63, 3.8) is 0 Å². The first-order valence-corrected chi connectivity index (χ1v) is 6.74. The topological polar surface area (TPSA) is 49.4 Å². The summed E-state index contributed by atoms with van der Waals surface area (Å²) in [6.07, 6.45) is 5.53.